The molecule has 2 aromatic heterocycles. The maximum Gasteiger partial charge on any atom is 0.257 e. The molecule has 0 unspecified atom stereocenters. The van der Waals surface area contributed by atoms with Crippen LogP contribution in [-0.2, 0) is 13.0 Å². The number of ether oxygens (including phenoxy) is 1. The van der Waals surface area contributed by atoms with Crippen LogP contribution in [0.3, 0.4) is 0 Å². The standard InChI is InChI=1S/C23H18FN3O2/c24-15-5-6-20-18(13-15)19-14-27(12-9-21(19)26-20)23(28)17-3-1-2-4-22(17)29-16-7-10-25-11-8-16/h1-8,10-11,13,26H,9,12,14H2. The number of aromatic nitrogens is 2. The first-order valence-corrected chi connectivity index (χ1v) is 9.44. The van der Waals surface area contributed by atoms with E-state index in [1.807, 2.05) is 12.1 Å². The quantitative estimate of drug-likeness (QED) is 0.555. The van der Waals surface area contributed by atoms with Gasteiger partial charge >= 0.3 is 0 Å². The maximum atomic E-state index is 13.7. The molecule has 3 heterocycles. The Bertz CT molecular complexity index is 1200. The van der Waals surface area contributed by atoms with Crippen molar-refractivity contribution in [2.24, 2.45) is 0 Å². The highest BCUT2D eigenvalue weighted by Gasteiger charge is 2.26. The number of hydrogen-bond donors (Lipinski definition) is 1. The van der Waals surface area contributed by atoms with Crippen LogP contribution < -0.4 is 4.74 Å². The molecule has 144 valence electrons. The van der Waals surface area contributed by atoms with Gasteiger partial charge < -0.3 is 14.6 Å². The summed E-state index contributed by atoms with van der Waals surface area (Å²) in [6, 6.07) is 15.4. The number of para-hydroxylation sites is 1. The molecule has 1 amide bonds. The number of pyridine rings is 1. The smallest absolute Gasteiger partial charge is 0.257 e. The monoisotopic (exact) mass is 387 g/mol. The van der Waals surface area contributed by atoms with Gasteiger partial charge in [0.05, 0.1) is 5.56 Å². The first-order valence-electron chi connectivity index (χ1n) is 9.44. The SMILES string of the molecule is O=C(c1ccccc1Oc1ccncc1)N1CCc2[nH]c3ccc(F)cc3c2C1. The van der Waals surface area contributed by atoms with Crippen LogP contribution in [-0.4, -0.2) is 27.3 Å². The van der Waals surface area contributed by atoms with E-state index in [1.165, 1.54) is 12.1 Å². The third-order valence-electron chi connectivity index (χ3n) is 5.22. The van der Waals surface area contributed by atoms with Crippen molar-refractivity contribution in [2.45, 2.75) is 13.0 Å². The summed E-state index contributed by atoms with van der Waals surface area (Å²) in [6.07, 6.45) is 3.98. The van der Waals surface area contributed by atoms with E-state index >= 15 is 0 Å². The summed E-state index contributed by atoms with van der Waals surface area (Å²) < 4.78 is 19.7. The Morgan fingerprint density at radius 2 is 1.93 bits per heavy atom. The van der Waals surface area contributed by atoms with Crippen LogP contribution in [0, 0.1) is 5.82 Å². The summed E-state index contributed by atoms with van der Waals surface area (Å²) in [6.45, 7) is 1.02. The zero-order chi connectivity index (χ0) is 19.8. The van der Waals surface area contributed by atoms with Crippen molar-refractivity contribution in [1.29, 1.82) is 0 Å². The zero-order valence-corrected chi connectivity index (χ0v) is 15.6. The van der Waals surface area contributed by atoms with E-state index in [1.54, 1.807) is 47.6 Å². The lowest BCUT2D eigenvalue weighted by Crippen LogP contribution is -2.36. The molecule has 0 saturated heterocycles. The lowest BCUT2D eigenvalue weighted by atomic mass is 10.0. The van der Waals surface area contributed by atoms with Crippen molar-refractivity contribution in [3.05, 3.63) is 89.6 Å². The average Bonchev–Trinajstić information content (AvgIpc) is 3.11. The van der Waals surface area contributed by atoms with Gasteiger partial charge in [0, 0.05) is 54.1 Å². The van der Waals surface area contributed by atoms with Gasteiger partial charge in [-0.05, 0) is 42.5 Å². The van der Waals surface area contributed by atoms with E-state index in [9.17, 15) is 9.18 Å². The second-order valence-corrected chi connectivity index (χ2v) is 7.03. The minimum absolute atomic E-state index is 0.106. The third kappa shape index (κ3) is 3.23. The first-order chi connectivity index (χ1) is 14.2. The van der Waals surface area contributed by atoms with Gasteiger partial charge in [0.2, 0.25) is 0 Å². The molecule has 0 bridgehead atoms. The Labute approximate surface area is 166 Å². The van der Waals surface area contributed by atoms with Crippen LogP contribution >= 0.6 is 0 Å². The normalized spacial score (nSPS) is 13.3. The Morgan fingerprint density at radius 1 is 1.10 bits per heavy atom. The van der Waals surface area contributed by atoms with Gasteiger partial charge in [-0.15, -0.1) is 0 Å². The predicted octanol–water partition coefficient (Wildman–Crippen LogP) is 4.69. The number of carbonyl (C=O) groups excluding carboxylic acids is 1. The van der Waals surface area contributed by atoms with Crippen LogP contribution in [0.5, 0.6) is 11.5 Å². The van der Waals surface area contributed by atoms with Crippen molar-refractivity contribution in [1.82, 2.24) is 14.9 Å². The molecular formula is C23H18FN3O2. The third-order valence-corrected chi connectivity index (χ3v) is 5.22. The maximum absolute atomic E-state index is 13.7. The van der Waals surface area contributed by atoms with E-state index in [0.29, 0.717) is 36.6 Å². The number of H-pyrrole nitrogens is 1. The molecule has 5 nitrogen and oxygen atoms in total. The van der Waals surface area contributed by atoms with E-state index in [0.717, 1.165) is 22.2 Å². The van der Waals surface area contributed by atoms with Crippen molar-refractivity contribution < 1.29 is 13.9 Å². The fourth-order valence-corrected chi connectivity index (χ4v) is 3.80. The molecule has 6 heteroatoms. The summed E-state index contributed by atoms with van der Waals surface area (Å²) in [5.41, 5.74) is 3.44. The number of carbonyl (C=O) groups is 1. The molecule has 4 aromatic rings. The molecule has 0 spiro atoms. The van der Waals surface area contributed by atoms with Crippen LogP contribution in [0.2, 0.25) is 0 Å². The minimum Gasteiger partial charge on any atom is -0.456 e. The molecule has 1 aliphatic heterocycles. The molecule has 0 radical (unpaired) electrons. The highest BCUT2D eigenvalue weighted by molar-refractivity contribution is 5.97. The second kappa shape index (κ2) is 7.05. The van der Waals surface area contributed by atoms with Gasteiger partial charge in [-0.25, -0.2) is 4.39 Å². The Kier molecular flexibility index (Phi) is 4.24. The molecule has 0 fully saturated rings. The van der Waals surface area contributed by atoms with Gasteiger partial charge in [-0.3, -0.25) is 9.78 Å². The Balaban J connectivity index is 1.45. The first kappa shape index (κ1) is 17.4. The van der Waals surface area contributed by atoms with E-state index < -0.39 is 0 Å². The highest BCUT2D eigenvalue weighted by atomic mass is 19.1. The summed E-state index contributed by atoms with van der Waals surface area (Å²) in [4.78, 5) is 22.4. The van der Waals surface area contributed by atoms with Gasteiger partial charge in [-0.2, -0.15) is 0 Å². The highest BCUT2D eigenvalue weighted by Crippen LogP contribution is 2.31. The van der Waals surface area contributed by atoms with Crippen molar-refractivity contribution in [2.75, 3.05) is 6.54 Å². The number of halogens is 1. The fraction of sp³-hybridized carbons (Fsp3) is 0.130. The van der Waals surface area contributed by atoms with E-state index in [-0.39, 0.29) is 11.7 Å². The number of amides is 1. The molecule has 29 heavy (non-hydrogen) atoms. The number of fused-ring (bicyclic) bond motifs is 3. The van der Waals surface area contributed by atoms with Gasteiger partial charge in [0.25, 0.3) is 5.91 Å². The Hall–Kier alpha value is -3.67. The minimum atomic E-state index is -0.279. The predicted molar refractivity (Wildman–Crippen MR) is 107 cm³/mol. The number of rotatable bonds is 3. The molecule has 0 saturated carbocycles. The topological polar surface area (TPSA) is 58.2 Å². The molecule has 5 rings (SSSR count). The Morgan fingerprint density at radius 3 is 2.79 bits per heavy atom. The van der Waals surface area contributed by atoms with Crippen molar-refractivity contribution >= 4 is 16.8 Å². The molecular weight excluding hydrogens is 369 g/mol. The van der Waals surface area contributed by atoms with Crippen LogP contribution in [0.15, 0.2) is 67.0 Å². The summed E-state index contributed by atoms with van der Waals surface area (Å²) >= 11 is 0. The number of nitrogens with zero attached hydrogens (tertiary/aromatic N) is 2. The van der Waals surface area contributed by atoms with Gasteiger partial charge in [0.15, 0.2) is 0 Å². The van der Waals surface area contributed by atoms with Crippen LogP contribution in [0.4, 0.5) is 4.39 Å². The van der Waals surface area contributed by atoms with E-state index in [4.69, 9.17) is 4.74 Å². The van der Waals surface area contributed by atoms with E-state index in [2.05, 4.69) is 9.97 Å². The number of aromatic amines is 1. The van der Waals surface area contributed by atoms with Crippen molar-refractivity contribution in [3.63, 3.8) is 0 Å². The second-order valence-electron chi connectivity index (χ2n) is 7.03. The number of nitrogens with one attached hydrogen (secondary N) is 1. The van der Waals surface area contributed by atoms with Crippen molar-refractivity contribution in [3.8, 4) is 11.5 Å². The number of benzene rings is 2. The van der Waals surface area contributed by atoms with Gasteiger partial charge in [-0.1, -0.05) is 12.1 Å². The zero-order valence-electron chi connectivity index (χ0n) is 15.6. The molecule has 0 aliphatic carbocycles. The average molecular weight is 387 g/mol. The molecule has 1 aliphatic rings. The number of hydrogen-bond acceptors (Lipinski definition) is 3. The lowest BCUT2D eigenvalue weighted by molar-refractivity contribution is 0.0732. The van der Waals surface area contributed by atoms with Gasteiger partial charge in [0.1, 0.15) is 17.3 Å². The van der Waals surface area contributed by atoms with Crippen LogP contribution in [0.1, 0.15) is 21.6 Å². The summed E-state index contributed by atoms with van der Waals surface area (Å²) in [5, 5.41) is 0.832. The molecule has 0 atom stereocenters. The van der Waals surface area contributed by atoms with Crippen LogP contribution in [0.25, 0.3) is 10.9 Å². The summed E-state index contributed by atoms with van der Waals surface area (Å²) in [7, 11) is 0. The molecule has 2 aromatic carbocycles. The molecule has 1 N–H and O–H groups in total. The lowest BCUT2D eigenvalue weighted by Gasteiger charge is -2.28. The summed E-state index contributed by atoms with van der Waals surface area (Å²) in [5.74, 6) is 0.734. The largest absolute Gasteiger partial charge is 0.456 e. The fourth-order valence-electron chi connectivity index (χ4n) is 3.80.